The van der Waals surface area contributed by atoms with Crippen LogP contribution in [0.25, 0.3) is 87.7 Å². The largest absolute Gasteiger partial charge is 0.456 e. The second kappa shape index (κ2) is 8.48. The van der Waals surface area contributed by atoms with Crippen molar-refractivity contribution in [1.29, 1.82) is 0 Å². The van der Waals surface area contributed by atoms with E-state index in [0.717, 1.165) is 66.0 Å². The summed E-state index contributed by atoms with van der Waals surface area (Å²) in [5.74, 6) is 0. The number of aromatic nitrogens is 2. The highest BCUT2D eigenvalue weighted by Gasteiger charge is 2.15. The van der Waals surface area contributed by atoms with E-state index in [1.807, 2.05) is 18.3 Å². The van der Waals surface area contributed by atoms with Crippen molar-refractivity contribution in [3.63, 3.8) is 0 Å². The lowest BCUT2D eigenvalue weighted by atomic mass is 9.93. The van der Waals surface area contributed by atoms with Crippen molar-refractivity contribution < 1.29 is 4.42 Å². The van der Waals surface area contributed by atoms with Crippen LogP contribution in [0.1, 0.15) is 0 Å². The zero-order valence-electron chi connectivity index (χ0n) is 22.0. The van der Waals surface area contributed by atoms with Crippen molar-refractivity contribution in [3.05, 3.63) is 134 Å². The molecule has 0 atom stereocenters. The molecule has 0 fully saturated rings. The molecular formula is C38H22N2O. The minimum absolute atomic E-state index is 0.872. The third kappa shape index (κ3) is 3.26. The van der Waals surface area contributed by atoms with Gasteiger partial charge in [0.1, 0.15) is 11.2 Å². The Morgan fingerprint density at radius 3 is 1.73 bits per heavy atom. The molecule has 3 nitrogen and oxygen atoms in total. The van der Waals surface area contributed by atoms with Gasteiger partial charge in [0, 0.05) is 27.1 Å². The summed E-state index contributed by atoms with van der Waals surface area (Å²) >= 11 is 0. The molecule has 0 N–H and O–H groups in total. The van der Waals surface area contributed by atoms with Gasteiger partial charge in [-0.05, 0) is 50.9 Å². The van der Waals surface area contributed by atoms with Gasteiger partial charge in [0.15, 0.2) is 0 Å². The molecule has 3 heteroatoms. The SMILES string of the molecule is c1ccc2c(c1)oc1ccc(-c3ccc(-c4cnc5c6ccccc6c6ccccc6c5n4)c4ccccc34)cc12. The van der Waals surface area contributed by atoms with E-state index in [1.54, 1.807) is 0 Å². The molecule has 0 aliphatic heterocycles. The van der Waals surface area contributed by atoms with Crippen LogP contribution in [0.4, 0.5) is 0 Å². The van der Waals surface area contributed by atoms with Gasteiger partial charge in [-0.1, -0.05) is 109 Å². The van der Waals surface area contributed by atoms with Gasteiger partial charge >= 0.3 is 0 Å². The second-order valence-corrected chi connectivity index (χ2v) is 10.6. The van der Waals surface area contributed by atoms with Gasteiger partial charge in [0.05, 0.1) is 22.9 Å². The minimum atomic E-state index is 0.872. The summed E-state index contributed by atoms with van der Waals surface area (Å²) in [5, 5.41) is 9.25. The normalized spacial score (nSPS) is 11.9. The van der Waals surface area contributed by atoms with Crippen molar-refractivity contribution in [1.82, 2.24) is 9.97 Å². The lowest BCUT2D eigenvalue weighted by molar-refractivity contribution is 0.669. The van der Waals surface area contributed by atoms with Crippen LogP contribution in [0, 0.1) is 0 Å². The van der Waals surface area contributed by atoms with E-state index in [0.29, 0.717) is 0 Å². The monoisotopic (exact) mass is 522 g/mol. The van der Waals surface area contributed by atoms with Crippen LogP contribution >= 0.6 is 0 Å². The standard InChI is InChI=1S/C38H22N2O/c1-2-10-26-25(9-1)24(23-17-20-36-33(21-23)30-13-7-8-16-35(30)41-36)18-19-29(26)34-22-39-37-31-14-5-3-11-27(31)28-12-4-6-15-32(28)38(37)40-34/h1-22H. The van der Waals surface area contributed by atoms with Crippen LogP contribution < -0.4 is 0 Å². The fourth-order valence-corrected chi connectivity index (χ4v) is 6.42. The molecule has 7 aromatic carbocycles. The third-order valence-electron chi connectivity index (χ3n) is 8.31. The van der Waals surface area contributed by atoms with Gasteiger partial charge in [-0.25, -0.2) is 4.98 Å². The zero-order chi connectivity index (χ0) is 26.9. The van der Waals surface area contributed by atoms with Gasteiger partial charge in [-0.2, -0.15) is 0 Å². The molecule has 0 spiro atoms. The summed E-state index contributed by atoms with van der Waals surface area (Å²) in [7, 11) is 0. The van der Waals surface area contributed by atoms with Gasteiger partial charge in [-0.15, -0.1) is 0 Å². The predicted octanol–water partition coefficient (Wildman–Crippen LogP) is 10.3. The van der Waals surface area contributed by atoms with E-state index in [1.165, 1.54) is 21.7 Å². The molecule has 0 unspecified atom stereocenters. The fourth-order valence-electron chi connectivity index (χ4n) is 6.42. The Balaban J connectivity index is 1.28. The van der Waals surface area contributed by atoms with Gasteiger partial charge in [-0.3, -0.25) is 4.98 Å². The van der Waals surface area contributed by atoms with Crippen molar-refractivity contribution in [2.75, 3.05) is 0 Å². The Hall–Kier alpha value is -5.54. The maximum Gasteiger partial charge on any atom is 0.135 e. The summed E-state index contributed by atoms with van der Waals surface area (Å²) in [5.41, 5.74) is 7.97. The average molecular weight is 523 g/mol. The Kier molecular flexibility index (Phi) is 4.61. The first-order valence-corrected chi connectivity index (χ1v) is 13.8. The average Bonchev–Trinajstić information content (AvgIpc) is 3.42. The molecule has 0 radical (unpaired) electrons. The van der Waals surface area contributed by atoms with Crippen molar-refractivity contribution >= 4 is 65.3 Å². The molecule has 41 heavy (non-hydrogen) atoms. The number of fused-ring (bicyclic) bond motifs is 10. The highest BCUT2D eigenvalue weighted by molar-refractivity contribution is 6.23. The van der Waals surface area contributed by atoms with Crippen molar-refractivity contribution in [2.45, 2.75) is 0 Å². The first kappa shape index (κ1) is 22.3. The van der Waals surface area contributed by atoms with E-state index in [9.17, 15) is 0 Å². The van der Waals surface area contributed by atoms with Crippen LogP contribution in [0.3, 0.4) is 0 Å². The van der Waals surface area contributed by atoms with E-state index in [4.69, 9.17) is 14.4 Å². The first-order chi connectivity index (χ1) is 20.3. The van der Waals surface area contributed by atoms with E-state index in [2.05, 4.69) is 115 Å². The van der Waals surface area contributed by atoms with E-state index < -0.39 is 0 Å². The highest BCUT2D eigenvalue weighted by Crippen LogP contribution is 2.39. The Bertz CT molecular complexity index is 2450. The van der Waals surface area contributed by atoms with Gasteiger partial charge < -0.3 is 4.42 Å². The molecule has 2 aromatic heterocycles. The van der Waals surface area contributed by atoms with E-state index >= 15 is 0 Å². The van der Waals surface area contributed by atoms with Crippen LogP contribution in [-0.2, 0) is 0 Å². The fraction of sp³-hybridized carbons (Fsp3) is 0. The molecule has 190 valence electrons. The molecule has 0 aliphatic carbocycles. The topological polar surface area (TPSA) is 38.9 Å². The molecule has 0 amide bonds. The van der Waals surface area contributed by atoms with Crippen LogP contribution in [0.15, 0.2) is 138 Å². The molecule has 0 bridgehead atoms. The molecule has 0 aliphatic rings. The third-order valence-corrected chi connectivity index (χ3v) is 8.31. The van der Waals surface area contributed by atoms with Crippen molar-refractivity contribution in [2.24, 2.45) is 0 Å². The minimum Gasteiger partial charge on any atom is -0.456 e. The Labute approximate surface area is 235 Å². The number of furan rings is 1. The number of hydrogen-bond donors (Lipinski definition) is 0. The van der Waals surface area contributed by atoms with Gasteiger partial charge in [0.2, 0.25) is 0 Å². The van der Waals surface area contributed by atoms with Gasteiger partial charge in [0.25, 0.3) is 0 Å². The van der Waals surface area contributed by atoms with E-state index in [-0.39, 0.29) is 0 Å². The van der Waals surface area contributed by atoms with Crippen molar-refractivity contribution in [3.8, 4) is 22.4 Å². The number of benzene rings is 7. The number of rotatable bonds is 2. The Morgan fingerprint density at radius 2 is 0.976 bits per heavy atom. The summed E-state index contributed by atoms with van der Waals surface area (Å²) in [6.45, 7) is 0. The molecular weight excluding hydrogens is 500 g/mol. The molecule has 0 saturated carbocycles. The lowest BCUT2D eigenvalue weighted by Gasteiger charge is -2.13. The summed E-state index contributed by atoms with van der Waals surface area (Å²) < 4.78 is 6.08. The quantitative estimate of drug-likeness (QED) is 0.212. The molecule has 2 heterocycles. The predicted molar refractivity (Wildman–Crippen MR) is 170 cm³/mol. The number of hydrogen-bond acceptors (Lipinski definition) is 3. The summed E-state index contributed by atoms with van der Waals surface area (Å²) in [6, 6.07) is 44.7. The number of para-hydroxylation sites is 1. The smallest absolute Gasteiger partial charge is 0.135 e. The second-order valence-electron chi connectivity index (χ2n) is 10.6. The van der Waals surface area contributed by atoms with Crippen LogP contribution in [0.5, 0.6) is 0 Å². The molecule has 0 saturated heterocycles. The van der Waals surface area contributed by atoms with Crippen LogP contribution in [-0.4, -0.2) is 9.97 Å². The first-order valence-electron chi connectivity index (χ1n) is 13.8. The molecule has 9 rings (SSSR count). The van der Waals surface area contributed by atoms with Crippen LogP contribution in [0.2, 0.25) is 0 Å². The highest BCUT2D eigenvalue weighted by atomic mass is 16.3. The summed E-state index contributed by atoms with van der Waals surface area (Å²) in [4.78, 5) is 10.3. The number of nitrogens with zero attached hydrogens (tertiary/aromatic N) is 2. The lowest BCUT2D eigenvalue weighted by Crippen LogP contribution is -1.93. The maximum absolute atomic E-state index is 6.08. The Morgan fingerprint density at radius 1 is 0.415 bits per heavy atom. The maximum atomic E-state index is 6.08. The summed E-state index contributed by atoms with van der Waals surface area (Å²) in [6.07, 6.45) is 1.93. The molecule has 9 aromatic rings. The zero-order valence-corrected chi connectivity index (χ0v) is 22.0.